The molecule has 0 bridgehead atoms. The van der Waals surface area contributed by atoms with Crippen molar-refractivity contribution < 1.29 is 9.59 Å². The normalized spacial score (nSPS) is 21.5. The van der Waals surface area contributed by atoms with Gasteiger partial charge >= 0.3 is 0 Å². The Hall–Kier alpha value is -1.08. The third kappa shape index (κ3) is 3.58. The molecule has 1 saturated heterocycles. The number of aromatic nitrogens is 1. The lowest BCUT2D eigenvalue weighted by Crippen LogP contribution is -2.27. The lowest BCUT2D eigenvalue weighted by molar-refractivity contribution is -0.116. The summed E-state index contributed by atoms with van der Waals surface area (Å²) in [6.07, 6.45) is 3.61. The standard InChI is InChI=1S/C14H19N3O2S2/c1-9-2-3-10-11(8-9)21-13(15-10)16-12(18)4-5-17-6-7-20-14(17)19/h9H,2-8H2,1H3,(H,15,16,18). The highest BCUT2D eigenvalue weighted by atomic mass is 32.2. The molecule has 2 amide bonds. The smallest absolute Gasteiger partial charge is 0.281 e. The van der Waals surface area contributed by atoms with Crippen LogP contribution < -0.4 is 5.32 Å². The molecule has 0 aromatic carbocycles. The predicted octanol–water partition coefficient (Wildman–Crippen LogP) is 2.77. The molecule has 7 heteroatoms. The number of amides is 2. The second kappa shape index (κ2) is 6.36. The largest absolute Gasteiger partial charge is 0.332 e. The number of rotatable bonds is 4. The molecule has 2 heterocycles. The van der Waals surface area contributed by atoms with Crippen LogP contribution in [-0.2, 0) is 17.6 Å². The number of hydrogen-bond donors (Lipinski definition) is 1. The molecule has 0 saturated carbocycles. The Morgan fingerprint density at radius 1 is 1.52 bits per heavy atom. The Kier molecular flexibility index (Phi) is 4.49. The molecule has 2 aliphatic rings. The maximum absolute atomic E-state index is 12.0. The number of carbonyl (C=O) groups excluding carboxylic acids is 2. The average Bonchev–Trinajstić information content (AvgIpc) is 3.01. The van der Waals surface area contributed by atoms with Crippen LogP contribution >= 0.6 is 23.1 Å². The zero-order valence-corrected chi connectivity index (χ0v) is 13.7. The summed E-state index contributed by atoms with van der Waals surface area (Å²) in [7, 11) is 0. The zero-order chi connectivity index (χ0) is 14.8. The van der Waals surface area contributed by atoms with Crippen LogP contribution in [0, 0.1) is 5.92 Å². The molecular formula is C14H19N3O2S2. The molecule has 0 radical (unpaired) electrons. The van der Waals surface area contributed by atoms with Gasteiger partial charge in [0.2, 0.25) is 5.91 Å². The Balaban J connectivity index is 1.52. The lowest BCUT2D eigenvalue weighted by atomic mass is 9.93. The molecule has 1 unspecified atom stereocenters. The summed E-state index contributed by atoms with van der Waals surface area (Å²) in [6.45, 7) is 3.51. The summed E-state index contributed by atoms with van der Waals surface area (Å²) >= 11 is 2.92. The van der Waals surface area contributed by atoms with Crippen LogP contribution in [0.1, 0.15) is 30.3 Å². The second-order valence-corrected chi connectivity index (χ2v) is 7.77. The second-order valence-electron chi connectivity index (χ2n) is 5.64. The van der Waals surface area contributed by atoms with Crippen molar-refractivity contribution in [3.05, 3.63) is 10.6 Å². The minimum Gasteiger partial charge on any atom is -0.332 e. The quantitative estimate of drug-likeness (QED) is 0.924. The Labute approximate surface area is 132 Å². The number of aryl methyl sites for hydroxylation is 1. The summed E-state index contributed by atoms with van der Waals surface area (Å²) in [6, 6.07) is 0. The Morgan fingerprint density at radius 3 is 3.14 bits per heavy atom. The van der Waals surface area contributed by atoms with Crippen molar-refractivity contribution in [3.63, 3.8) is 0 Å². The van der Waals surface area contributed by atoms with E-state index in [1.807, 2.05) is 0 Å². The van der Waals surface area contributed by atoms with Crippen LogP contribution in [0.5, 0.6) is 0 Å². The highest BCUT2D eigenvalue weighted by molar-refractivity contribution is 8.13. The van der Waals surface area contributed by atoms with Crippen molar-refractivity contribution in [2.45, 2.75) is 32.6 Å². The van der Waals surface area contributed by atoms with Gasteiger partial charge in [-0.15, -0.1) is 11.3 Å². The fraction of sp³-hybridized carbons (Fsp3) is 0.643. The number of hydrogen-bond acceptors (Lipinski definition) is 5. The van der Waals surface area contributed by atoms with Crippen LogP contribution in [0.25, 0.3) is 0 Å². The van der Waals surface area contributed by atoms with Gasteiger partial charge in [-0.1, -0.05) is 18.7 Å². The number of thiazole rings is 1. The van der Waals surface area contributed by atoms with Crippen molar-refractivity contribution >= 4 is 39.4 Å². The molecular weight excluding hydrogens is 306 g/mol. The van der Waals surface area contributed by atoms with Crippen molar-refractivity contribution in [1.29, 1.82) is 0 Å². The van der Waals surface area contributed by atoms with Gasteiger partial charge in [0, 0.05) is 30.1 Å². The van der Waals surface area contributed by atoms with Gasteiger partial charge in [-0.2, -0.15) is 0 Å². The van der Waals surface area contributed by atoms with Crippen molar-refractivity contribution in [1.82, 2.24) is 9.88 Å². The van der Waals surface area contributed by atoms with E-state index >= 15 is 0 Å². The lowest BCUT2D eigenvalue weighted by Gasteiger charge is -2.15. The van der Waals surface area contributed by atoms with E-state index in [1.165, 1.54) is 23.1 Å². The summed E-state index contributed by atoms with van der Waals surface area (Å²) in [5, 5.41) is 3.67. The first kappa shape index (κ1) is 14.8. The SMILES string of the molecule is CC1CCc2nc(NC(=O)CCN3CCSC3=O)sc2C1. The van der Waals surface area contributed by atoms with E-state index in [4.69, 9.17) is 0 Å². The highest BCUT2D eigenvalue weighted by Crippen LogP contribution is 2.32. The van der Waals surface area contributed by atoms with E-state index in [9.17, 15) is 9.59 Å². The molecule has 1 aliphatic heterocycles. The number of nitrogens with one attached hydrogen (secondary N) is 1. The molecule has 21 heavy (non-hydrogen) atoms. The monoisotopic (exact) mass is 325 g/mol. The summed E-state index contributed by atoms with van der Waals surface area (Å²) in [5.41, 5.74) is 1.15. The van der Waals surface area contributed by atoms with Gasteiger partial charge in [-0.05, 0) is 25.2 Å². The molecule has 1 aliphatic carbocycles. The number of anilines is 1. The highest BCUT2D eigenvalue weighted by Gasteiger charge is 2.23. The predicted molar refractivity (Wildman–Crippen MR) is 86.0 cm³/mol. The van der Waals surface area contributed by atoms with Crippen LogP contribution in [0.15, 0.2) is 0 Å². The Morgan fingerprint density at radius 2 is 2.38 bits per heavy atom. The third-order valence-corrected chi connectivity index (χ3v) is 5.81. The fourth-order valence-corrected chi connectivity index (χ4v) is 4.68. The first-order valence-electron chi connectivity index (χ1n) is 7.32. The topological polar surface area (TPSA) is 62.3 Å². The molecule has 1 atom stereocenters. The summed E-state index contributed by atoms with van der Waals surface area (Å²) in [4.78, 5) is 31.0. The Bertz CT molecular complexity index is 558. The van der Waals surface area contributed by atoms with Crippen LogP contribution in [0.2, 0.25) is 0 Å². The van der Waals surface area contributed by atoms with E-state index in [0.29, 0.717) is 24.0 Å². The maximum atomic E-state index is 12.0. The minimum absolute atomic E-state index is 0.0566. The first-order chi connectivity index (χ1) is 10.1. The van der Waals surface area contributed by atoms with Gasteiger partial charge in [0.15, 0.2) is 5.13 Å². The molecule has 3 rings (SSSR count). The molecule has 1 aromatic rings. The van der Waals surface area contributed by atoms with Crippen LogP contribution in [0.3, 0.4) is 0 Å². The van der Waals surface area contributed by atoms with E-state index < -0.39 is 0 Å². The van der Waals surface area contributed by atoms with Gasteiger partial charge in [0.1, 0.15) is 0 Å². The van der Waals surface area contributed by atoms with Crippen molar-refractivity contribution in [2.24, 2.45) is 5.92 Å². The minimum atomic E-state index is -0.0566. The third-order valence-electron chi connectivity index (χ3n) is 3.89. The molecule has 1 aromatic heterocycles. The van der Waals surface area contributed by atoms with E-state index in [-0.39, 0.29) is 11.1 Å². The summed E-state index contributed by atoms with van der Waals surface area (Å²) < 4.78 is 0. The number of nitrogens with zero attached hydrogens (tertiary/aromatic N) is 2. The van der Waals surface area contributed by atoms with E-state index in [1.54, 1.807) is 16.2 Å². The van der Waals surface area contributed by atoms with Crippen LogP contribution in [-0.4, -0.2) is 39.9 Å². The van der Waals surface area contributed by atoms with Crippen molar-refractivity contribution in [2.75, 3.05) is 24.2 Å². The van der Waals surface area contributed by atoms with Gasteiger partial charge in [0.25, 0.3) is 5.24 Å². The van der Waals surface area contributed by atoms with E-state index in [0.717, 1.165) is 30.8 Å². The van der Waals surface area contributed by atoms with Gasteiger partial charge in [-0.25, -0.2) is 4.98 Å². The molecule has 1 fully saturated rings. The zero-order valence-electron chi connectivity index (χ0n) is 12.1. The summed E-state index contributed by atoms with van der Waals surface area (Å²) in [5.74, 6) is 1.48. The van der Waals surface area contributed by atoms with Crippen molar-refractivity contribution in [3.8, 4) is 0 Å². The average molecular weight is 325 g/mol. The van der Waals surface area contributed by atoms with E-state index in [2.05, 4.69) is 17.2 Å². The molecule has 114 valence electrons. The number of carbonyl (C=O) groups is 2. The fourth-order valence-electron chi connectivity index (χ4n) is 2.64. The van der Waals surface area contributed by atoms with Gasteiger partial charge < -0.3 is 10.2 Å². The first-order valence-corrected chi connectivity index (χ1v) is 9.12. The van der Waals surface area contributed by atoms with Gasteiger partial charge in [-0.3, -0.25) is 9.59 Å². The molecule has 1 N–H and O–H groups in total. The molecule has 0 spiro atoms. The number of thioether (sulfide) groups is 1. The van der Waals surface area contributed by atoms with Gasteiger partial charge in [0.05, 0.1) is 5.69 Å². The van der Waals surface area contributed by atoms with Crippen LogP contribution in [0.4, 0.5) is 9.93 Å². The molecule has 5 nitrogen and oxygen atoms in total. The number of fused-ring (bicyclic) bond motifs is 1. The maximum Gasteiger partial charge on any atom is 0.281 e.